The number of nitrogens with one attached hydrogen (secondary N) is 1. The maximum atomic E-state index is 5.51. The van der Waals surface area contributed by atoms with Crippen LogP contribution in [0.3, 0.4) is 0 Å². The number of rotatable bonds is 4. The number of quaternary nitrogens is 1. The summed E-state index contributed by atoms with van der Waals surface area (Å²) >= 11 is 0. The van der Waals surface area contributed by atoms with E-state index in [9.17, 15) is 0 Å². The molecule has 2 aromatic rings. The van der Waals surface area contributed by atoms with Crippen molar-refractivity contribution < 1.29 is 33.6 Å². The van der Waals surface area contributed by atoms with Crippen LogP contribution in [0, 0.1) is 0 Å². The van der Waals surface area contributed by atoms with E-state index in [0.29, 0.717) is 6.61 Å². The first-order chi connectivity index (χ1) is 12.6. The van der Waals surface area contributed by atoms with Gasteiger partial charge in [-0.2, -0.15) is 0 Å². The Balaban J connectivity index is 0.00000210. The zero-order valence-corrected chi connectivity index (χ0v) is 18.4. The van der Waals surface area contributed by atoms with Crippen LogP contribution in [0.2, 0.25) is 0 Å². The van der Waals surface area contributed by atoms with Crippen LogP contribution < -0.4 is 33.6 Å². The Morgan fingerprint density at radius 3 is 2.59 bits per heavy atom. The molecule has 2 heterocycles. The van der Waals surface area contributed by atoms with Gasteiger partial charge >= 0.3 is 0 Å². The van der Waals surface area contributed by atoms with Crippen molar-refractivity contribution >= 4 is 17.6 Å². The Morgan fingerprint density at radius 1 is 1.11 bits per heavy atom. The summed E-state index contributed by atoms with van der Waals surface area (Å²) in [6.07, 6.45) is 4.41. The Labute approximate surface area is 179 Å². The molecule has 27 heavy (non-hydrogen) atoms. The molecule has 0 radical (unpaired) electrons. The highest BCUT2D eigenvalue weighted by Crippen LogP contribution is 2.41. The van der Waals surface area contributed by atoms with Crippen molar-refractivity contribution in [2.45, 2.75) is 39.0 Å². The van der Waals surface area contributed by atoms with Crippen LogP contribution >= 0.6 is 0 Å². The molecule has 4 heteroatoms. The maximum Gasteiger partial charge on any atom is 0.140 e. The fourth-order valence-electron chi connectivity index (χ4n) is 4.45. The number of aliphatic imine (C=N–C) groups is 1. The fraction of sp³-hybridized carbons (Fsp3) is 0.348. The Bertz CT molecular complexity index is 868. The highest BCUT2D eigenvalue weighted by molar-refractivity contribution is 5.83. The van der Waals surface area contributed by atoms with E-state index >= 15 is 0 Å². The van der Waals surface area contributed by atoms with Crippen molar-refractivity contribution in [1.29, 1.82) is 0 Å². The van der Waals surface area contributed by atoms with Crippen molar-refractivity contribution in [2.24, 2.45) is 4.99 Å². The van der Waals surface area contributed by atoms with Crippen molar-refractivity contribution in [2.75, 3.05) is 13.2 Å². The molecule has 142 valence electrons. The van der Waals surface area contributed by atoms with Gasteiger partial charge in [0.1, 0.15) is 17.1 Å². The molecule has 0 aromatic heterocycles. The molecule has 1 atom stereocenters. The summed E-state index contributed by atoms with van der Waals surface area (Å²) in [7, 11) is 0. The maximum absolute atomic E-state index is 5.51. The van der Waals surface area contributed by atoms with Gasteiger partial charge in [-0.3, -0.25) is 9.89 Å². The van der Waals surface area contributed by atoms with Gasteiger partial charge in [0.05, 0.1) is 24.3 Å². The summed E-state index contributed by atoms with van der Waals surface area (Å²) in [5.41, 5.74) is 6.83. The lowest BCUT2D eigenvalue weighted by molar-refractivity contribution is -0.792. The number of nitrogens with zero attached hydrogens (tertiary/aromatic N) is 1. The van der Waals surface area contributed by atoms with E-state index in [1.54, 1.807) is 0 Å². The molecule has 2 aromatic carbocycles. The van der Waals surface area contributed by atoms with Crippen LogP contribution in [0.4, 0.5) is 11.4 Å². The summed E-state index contributed by atoms with van der Waals surface area (Å²) in [5.74, 6) is 0.897. The van der Waals surface area contributed by atoms with E-state index in [1.165, 1.54) is 40.4 Å². The molecule has 0 amide bonds. The predicted octanol–water partition coefficient (Wildman–Crippen LogP) is 1.35. The molecule has 3 nitrogen and oxygen atoms in total. The van der Waals surface area contributed by atoms with Gasteiger partial charge in [-0.25, -0.2) is 0 Å². The lowest BCUT2D eigenvalue weighted by Gasteiger charge is -2.27. The van der Waals surface area contributed by atoms with E-state index in [4.69, 9.17) is 9.73 Å². The average molecular weight is 474 g/mol. The predicted molar refractivity (Wildman–Crippen MR) is 107 cm³/mol. The highest BCUT2D eigenvalue weighted by atomic mass is 127. The van der Waals surface area contributed by atoms with Gasteiger partial charge in [-0.05, 0) is 57.5 Å². The molecule has 0 spiro atoms. The first kappa shape index (κ1) is 20.1. The minimum atomic E-state index is 0. The summed E-state index contributed by atoms with van der Waals surface area (Å²) < 4.78 is 5.51. The number of ether oxygens (including phenoxy) is 1. The summed E-state index contributed by atoms with van der Waals surface area (Å²) in [6, 6.07) is 16.9. The second kappa shape index (κ2) is 8.15. The van der Waals surface area contributed by atoms with E-state index in [2.05, 4.69) is 44.3 Å². The SMILES string of the molecule is CCOc1ccc(N=CC2=C3[NH+](CCC2)c2ccccc2C3(C)C)cc1.[I-]. The van der Waals surface area contributed by atoms with Crippen LogP contribution in [-0.4, -0.2) is 19.4 Å². The standard InChI is InChI=1S/C23H26N2O.HI/c1-4-26-19-13-11-18(12-14-19)24-16-17-8-7-15-25-21-10-6-5-9-20(21)23(2,3)22(17)25;/h5-6,9-14,16H,4,7-8,15H2,1-3H3;1H. The molecule has 1 N–H and O–H groups in total. The second-order valence-electron chi connectivity index (χ2n) is 7.59. The fourth-order valence-corrected chi connectivity index (χ4v) is 4.45. The first-order valence-electron chi connectivity index (χ1n) is 9.58. The number of allylic oxidation sites excluding steroid dienone is 2. The molecule has 0 saturated carbocycles. The van der Waals surface area contributed by atoms with Gasteiger partial charge in [0.15, 0.2) is 0 Å². The monoisotopic (exact) mass is 474 g/mol. The molecule has 0 saturated heterocycles. The topological polar surface area (TPSA) is 26.0 Å². The van der Waals surface area contributed by atoms with E-state index in [0.717, 1.165) is 17.9 Å². The van der Waals surface area contributed by atoms with Crippen molar-refractivity contribution in [3.63, 3.8) is 0 Å². The third-order valence-corrected chi connectivity index (χ3v) is 5.56. The summed E-state index contributed by atoms with van der Waals surface area (Å²) in [4.78, 5) is 6.30. The smallest absolute Gasteiger partial charge is 0.140 e. The average Bonchev–Trinajstić information content (AvgIpc) is 2.90. The number of fused-ring (bicyclic) bond motifs is 3. The molecular weight excluding hydrogens is 447 g/mol. The summed E-state index contributed by atoms with van der Waals surface area (Å²) in [6.45, 7) is 8.57. The van der Waals surface area contributed by atoms with Gasteiger partial charge in [-0.1, -0.05) is 18.2 Å². The van der Waals surface area contributed by atoms with E-state index < -0.39 is 0 Å². The first-order valence-corrected chi connectivity index (χ1v) is 9.58. The molecule has 4 rings (SSSR count). The normalized spacial score (nSPS) is 20.2. The quantitative estimate of drug-likeness (QED) is 0.526. The Kier molecular flexibility index (Phi) is 6.06. The van der Waals surface area contributed by atoms with Crippen LogP contribution in [0.5, 0.6) is 5.75 Å². The van der Waals surface area contributed by atoms with Crippen LogP contribution in [0.1, 0.15) is 39.2 Å². The minimum Gasteiger partial charge on any atom is -1.00 e. The van der Waals surface area contributed by atoms with Crippen LogP contribution in [0.15, 0.2) is 64.8 Å². The summed E-state index contributed by atoms with van der Waals surface area (Å²) in [5, 5.41) is 0. The number of benzene rings is 2. The molecule has 2 aliphatic rings. The molecule has 1 unspecified atom stereocenters. The zero-order valence-electron chi connectivity index (χ0n) is 16.3. The molecule has 0 fully saturated rings. The second-order valence-corrected chi connectivity index (χ2v) is 7.59. The third-order valence-electron chi connectivity index (χ3n) is 5.56. The largest absolute Gasteiger partial charge is 1.00 e. The van der Waals surface area contributed by atoms with Crippen molar-refractivity contribution in [1.82, 2.24) is 0 Å². The van der Waals surface area contributed by atoms with Crippen molar-refractivity contribution in [3.05, 3.63) is 65.4 Å². The minimum absolute atomic E-state index is 0. The van der Waals surface area contributed by atoms with Crippen LogP contribution in [-0.2, 0) is 5.41 Å². The number of hydrogen-bond donors (Lipinski definition) is 1. The third kappa shape index (κ3) is 3.69. The Hall–Kier alpha value is -1.66. The lowest BCUT2D eigenvalue weighted by Crippen LogP contribution is -3.05. The van der Waals surface area contributed by atoms with Crippen molar-refractivity contribution in [3.8, 4) is 5.75 Å². The molecular formula is C23H27IN2O. The highest BCUT2D eigenvalue weighted by Gasteiger charge is 2.47. The Morgan fingerprint density at radius 2 is 1.85 bits per heavy atom. The van der Waals surface area contributed by atoms with Gasteiger partial charge in [0.2, 0.25) is 0 Å². The van der Waals surface area contributed by atoms with E-state index in [1.807, 2.05) is 31.2 Å². The number of para-hydroxylation sites is 1. The molecule has 2 aliphatic heterocycles. The number of halogens is 1. The molecule has 0 bridgehead atoms. The lowest BCUT2D eigenvalue weighted by atomic mass is 9.81. The van der Waals surface area contributed by atoms with E-state index in [-0.39, 0.29) is 29.4 Å². The molecule has 0 aliphatic carbocycles. The van der Waals surface area contributed by atoms with Gasteiger partial charge in [0, 0.05) is 23.8 Å². The van der Waals surface area contributed by atoms with Gasteiger partial charge in [0.25, 0.3) is 0 Å². The van der Waals surface area contributed by atoms with Crippen LogP contribution in [0.25, 0.3) is 0 Å². The number of hydrogen-bond acceptors (Lipinski definition) is 2. The van der Waals surface area contributed by atoms with Gasteiger partial charge < -0.3 is 28.7 Å². The zero-order chi connectivity index (χ0) is 18.1. The van der Waals surface area contributed by atoms with Gasteiger partial charge in [-0.15, -0.1) is 0 Å².